The molecular formula is C18H28N2O2. The minimum atomic E-state index is -0.302. The maximum Gasteiger partial charge on any atom is 0.237 e. The van der Waals surface area contributed by atoms with E-state index in [0.717, 1.165) is 12.8 Å². The van der Waals surface area contributed by atoms with Crippen LogP contribution in [0.2, 0.25) is 0 Å². The molecular weight excluding hydrogens is 276 g/mol. The summed E-state index contributed by atoms with van der Waals surface area (Å²) in [5, 5.41) is 13.0. The van der Waals surface area contributed by atoms with Gasteiger partial charge in [0.25, 0.3) is 0 Å². The Bertz CT molecular complexity index is 473. The van der Waals surface area contributed by atoms with E-state index in [2.05, 4.69) is 24.4 Å². The first-order valence-electron chi connectivity index (χ1n) is 8.20. The third kappa shape index (κ3) is 4.82. The zero-order valence-electron chi connectivity index (χ0n) is 13.8. The molecule has 4 nitrogen and oxygen atoms in total. The molecule has 1 amide bonds. The number of carbonyl (C=O) groups is 1. The number of rotatable bonds is 8. The molecule has 1 aliphatic rings. The fourth-order valence-corrected chi connectivity index (χ4v) is 2.58. The lowest BCUT2D eigenvalue weighted by molar-refractivity contribution is -0.125. The summed E-state index contributed by atoms with van der Waals surface area (Å²) in [7, 11) is 1.90. The first-order valence-corrected chi connectivity index (χ1v) is 8.20. The molecule has 0 radical (unpaired) electrons. The number of aliphatic hydroxyl groups excluding tert-OH is 1. The van der Waals surface area contributed by atoms with Crippen LogP contribution in [0.15, 0.2) is 30.3 Å². The molecule has 0 aliphatic heterocycles. The van der Waals surface area contributed by atoms with E-state index < -0.39 is 0 Å². The number of hydrogen-bond acceptors (Lipinski definition) is 3. The van der Waals surface area contributed by atoms with Gasteiger partial charge in [0.1, 0.15) is 0 Å². The van der Waals surface area contributed by atoms with Crippen molar-refractivity contribution in [2.75, 3.05) is 20.1 Å². The number of amides is 1. The molecule has 22 heavy (non-hydrogen) atoms. The van der Waals surface area contributed by atoms with Gasteiger partial charge in [0.2, 0.25) is 5.91 Å². The monoisotopic (exact) mass is 304 g/mol. The maximum atomic E-state index is 12.3. The molecule has 122 valence electrons. The van der Waals surface area contributed by atoms with Crippen molar-refractivity contribution in [3.8, 4) is 0 Å². The third-order valence-corrected chi connectivity index (χ3v) is 4.63. The van der Waals surface area contributed by atoms with Gasteiger partial charge in [-0.05, 0) is 44.2 Å². The van der Waals surface area contributed by atoms with Gasteiger partial charge in [0, 0.05) is 13.1 Å². The standard InChI is InChI=1S/C18H28N2O2/c1-13(15-7-5-4-6-8-15)11-19-18(22)14(2)20(3)12-17(21)16-9-10-16/h4-8,13-14,16-17,21H,9-12H2,1-3H3,(H,19,22). The van der Waals surface area contributed by atoms with Crippen LogP contribution in [0.5, 0.6) is 0 Å². The summed E-state index contributed by atoms with van der Waals surface area (Å²) in [6.45, 7) is 5.20. The zero-order chi connectivity index (χ0) is 16.1. The largest absolute Gasteiger partial charge is 0.392 e. The second-order valence-corrected chi connectivity index (χ2v) is 6.58. The molecule has 1 saturated carbocycles. The molecule has 0 heterocycles. The Morgan fingerprint density at radius 2 is 1.95 bits per heavy atom. The van der Waals surface area contributed by atoms with Gasteiger partial charge in [0.05, 0.1) is 12.1 Å². The van der Waals surface area contributed by atoms with Gasteiger partial charge >= 0.3 is 0 Å². The van der Waals surface area contributed by atoms with Crippen LogP contribution >= 0.6 is 0 Å². The van der Waals surface area contributed by atoms with E-state index >= 15 is 0 Å². The van der Waals surface area contributed by atoms with Crippen LogP contribution in [0.25, 0.3) is 0 Å². The number of carbonyl (C=O) groups excluding carboxylic acids is 1. The average Bonchev–Trinajstić information content (AvgIpc) is 3.37. The average molecular weight is 304 g/mol. The second-order valence-electron chi connectivity index (χ2n) is 6.58. The Kier molecular flexibility index (Phi) is 5.98. The highest BCUT2D eigenvalue weighted by Crippen LogP contribution is 2.32. The number of nitrogens with zero attached hydrogens (tertiary/aromatic N) is 1. The van der Waals surface area contributed by atoms with Crippen molar-refractivity contribution in [3.63, 3.8) is 0 Å². The molecule has 0 bridgehead atoms. The summed E-state index contributed by atoms with van der Waals surface area (Å²) >= 11 is 0. The quantitative estimate of drug-likeness (QED) is 0.772. The Morgan fingerprint density at radius 1 is 1.32 bits per heavy atom. The van der Waals surface area contributed by atoms with E-state index in [1.807, 2.05) is 37.1 Å². The summed E-state index contributed by atoms with van der Waals surface area (Å²) < 4.78 is 0. The van der Waals surface area contributed by atoms with Crippen LogP contribution in [0.1, 0.15) is 38.2 Å². The fraction of sp³-hybridized carbons (Fsp3) is 0.611. The van der Waals surface area contributed by atoms with Crippen LogP contribution in [0, 0.1) is 5.92 Å². The van der Waals surface area contributed by atoms with Crippen LogP contribution < -0.4 is 5.32 Å². The Balaban J connectivity index is 1.75. The van der Waals surface area contributed by atoms with Crippen molar-refractivity contribution in [1.29, 1.82) is 0 Å². The van der Waals surface area contributed by atoms with Crippen molar-refractivity contribution in [2.45, 2.75) is 44.8 Å². The molecule has 4 heteroatoms. The molecule has 0 aromatic heterocycles. The number of nitrogens with one attached hydrogen (secondary N) is 1. The maximum absolute atomic E-state index is 12.3. The van der Waals surface area contributed by atoms with Gasteiger partial charge in [-0.15, -0.1) is 0 Å². The number of hydrogen-bond donors (Lipinski definition) is 2. The van der Waals surface area contributed by atoms with Crippen molar-refractivity contribution in [3.05, 3.63) is 35.9 Å². The van der Waals surface area contributed by atoms with Crippen molar-refractivity contribution in [1.82, 2.24) is 10.2 Å². The van der Waals surface area contributed by atoms with Gasteiger partial charge < -0.3 is 10.4 Å². The minimum Gasteiger partial charge on any atom is -0.392 e. The molecule has 1 fully saturated rings. The predicted molar refractivity (Wildman–Crippen MR) is 88.7 cm³/mol. The van der Waals surface area contributed by atoms with Crippen LogP contribution in [0.3, 0.4) is 0 Å². The second kappa shape index (κ2) is 7.75. The molecule has 2 rings (SSSR count). The highest BCUT2D eigenvalue weighted by Gasteiger charge is 2.31. The highest BCUT2D eigenvalue weighted by atomic mass is 16.3. The Labute approximate surface area is 133 Å². The van der Waals surface area contributed by atoms with Crippen LogP contribution in [-0.2, 0) is 4.79 Å². The summed E-state index contributed by atoms with van der Waals surface area (Å²) in [4.78, 5) is 14.2. The number of benzene rings is 1. The summed E-state index contributed by atoms with van der Waals surface area (Å²) in [5.41, 5.74) is 1.23. The minimum absolute atomic E-state index is 0.0216. The normalized spacial score (nSPS) is 18.8. The van der Waals surface area contributed by atoms with E-state index in [9.17, 15) is 9.90 Å². The third-order valence-electron chi connectivity index (χ3n) is 4.63. The molecule has 3 atom stereocenters. The molecule has 1 aromatic carbocycles. The Hall–Kier alpha value is -1.39. The van der Waals surface area contributed by atoms with Crippen molar-refractivity contribution < 1.29 is 9.90 Å². The molecule has 3 unspecified atom stereocenters. The van der Waals surface area contributed by atoms with Gasteiger partial charge in [-0.3, -0.25) is 9.69 Å². The molecule has 2 N–H and O–H groups in total. The summed E-state index contributed by atoms with van der Waals surface area (Å²) in [5.74, 6) is 0.754. The topological polar surface area (TPSA) is 52.6 Å². The number of likely N-dealkylation sites (N-methyl/N-ethyl adjacent to an activating group) is 1. The predicted octanol–water partition coefficient (Wildman–Crippen LogP) is 2.00. The van der Waals surface area contributed by atoms with Gasteiger partial charge in [-0.2, -0.15) is 0 Å². The summed E-state index contributed by atoms with van der Waals surface area (Å²) in [6, 6.07) is 9.97. The number of aliphatic hydroxyl groups is 1. The van der Waals surface area contributed by atoms with Crippen molar-refractivity contribution >= 4 is 5.91 Å². The lowest BCUT2D eigenvalue weighted by atomic mass is 10.0. The molecule has 0 saturated heterocycles. The summed E-state index contributed by atoms with van der Waals surface area (Å²) in [6.07, 6.45) is 1.93. The van der Waals surface area contributed by atoms with Crippen molar-refractivity contribution in [2.24, 2.45) is 5.92 Å². The Morgan fingerprint density at radius 3 is 2.55 bits per heavy atom. The van der Waals surface area contributed by atoms with E-state index in [4.69, 9.17) is 0 Å². The SMILES string of the molecule is CC(CNC(=O)C(C)N(C)CC(O)C1CC1)c1ccccc1. The van der Waals surface area contributed by atoms with E-state index in [1.54, 1.807) is 0 Å². The first-order chi connectivity index (χ1) is 10.5. The van der Waals surface area contributed by atoms with Gasteiger partial charge in [-0.25, -0.2) is 0 Å². The smallest absolute Gasteiger partial charge is 0.237 e. The van der Waals surface area contributed by atoms with E-state index in [-0.39, 0.29) is 18.1 Å². The molecule has 1 aliphatic carbocycles. The highest BCUT2D eigenvalue weighted by molar-refractivity contribution is 5.81. The van der Waals surface area contributed by atoms with E-state index in [1.165, 1.54) is 5.56 Å². The fourth-order valence-electron chi connectivity index (χ4n) is 2.58. The first kappa shape index (κ1) is 17.0. The van der Waals surface area contributed by atoms with Crippen LogP contribution in [-0.4, -0.2) is 48.2 Å². The van der Waals surface area contributed by atoms with E-state index in [0.29, 0.717) is 24.9 Å². The lowest BCUT2D eigenvalue weighted by Crippen LogP contribution is -2.46. The van der Waals surface area contributed by atoms with Crippen LogP contribution in [0.4, 0.5) is 0 Å². The van der Waals surface area contributed by atoms with Gasteiger partial charge in [-0.1, -0.05) is 37.3 Å². The zero-order valence-corrected chi connectivity index (χ0v) is 13.8. The lowest BCUT2D eigenvalue weighted by Gasteiger charge is -2.26. The van der Waals surface area contributed by atoms with Gasteiger partial charge in [0.15, 0.2) is 0 Å². The molecule has 0 spiro atoms. The molecule has 1 aromatic rings.